The highest BCUT2D eigenvalue weighted by atomic mass is 35.5. The Morgan fingerprint density at radius 1 is 0.622 bits per heavy atom. The van der Waals surface area contributed by atoms with Crippen LogP contribution in [0.3, 0.4) is 0 Å². The lowest BCUT2D eigenvalue weighted by molar-refractivity contribution is 0.672. The predicted molar refractivity (Wildman–Crippen MR) is 156 cm³/mol. The van der Waals surface area contributed by atoms with E-state index in [1.54, 1.807) is 12.1 Å². The molecule has 0 aliphatic carbocycles. The summed E-state index contributed by atoms with van der Waals surface area (Å²) in [6.07, 6.45) is 0. The van der Waals surface area contributed by atoms with Gasteiger partial charge in [0.2, 0.25) is 0 Å². The van der Waals surface area contributed by atoms with Crippen LogP contribution in [0.5, 0.6) is 0 Å². The number of anilines is 3. The number of halogens is 1. The van der Waals surface area contributed by atoms with Crippen molar-refractivity contribution in [1.29, 1.82) is 0 Å². The van der Waals surface area contributed by atoms with Crippen molar-refractivity contribution >= 4 is 61.4 Å². The first-order valence-electron chi connectivity index (χ1n) is 15.7. The van der Waals surface area contributed by atoms with Crippen molar-refractivity contribution < 1.29 is 15.4 Å². The first kappa shape index (κ1) is 14.9. The number of nitrogens with zero attached hydrogens (tertiary/aromatic N) is 1. The summed E-state index contributed by atoms with van der Waals surface area (Å²) in [6, 6.07) is 24.1. The van der Waals surface area contributed by atoms with Gasteiger partial charge in [0.15, 0.2) is 0 Å². The SMILES string of the molecule is [2H]c1c([2H])c(Cl)c2c(oc3c4c([2H])c([2H])c([2H])c([2H])c4c(-c4ccc(N(c5ccccc5)c5ccccc5)cc4)c([2H])c32)c1[2H]. The monoisotopic (exact) mass is 503 g/mol. The van der Waals surface area contributed by atoms with Gasteiger partial charge < -0.3 is 9.32 Å². The van der Waals surface area contributed by atoms with Crippen molar-refractivity contribution in [3.8, 4) is 11.1 Å². The zero-order valence-electron chi connectivity index (χ0n) is 27.3. The molecule has 0 spiro atoms. The number of benzene rings is 6. The maximum atomic E-state index is 9.40. The molecular formula is C34H22ClNO. The lowest BCUT2D eigenvalue weighted by Gasteiger charge is -2.25. The minimum absolute atomic E-state index is 0.0333. The zero-order valence-corrected chi connectivity index (χ0v) is 20.1. The third-order valence-electron chi connectivity index (χ3n) is 6.33. The molecule has 1 heterocycles. The van der Waals surface area contributed by atoms with Crippen molar-refractivity contribution in [2.45, 2.75) is 0 Å². The molecule has 3 heteroatoms. The van der Waals surface area contributed by atoms with Crippen LogP contribution in [0.25, 0.3) is 43.8 Å². The minimum Gasteiger partial charge on any atom is -0.455 e. The van der Waals surface area contributed by atoms with Crippen molar-refractivity contribution in [2.75, 3.05) is 4.90 Å². The molecule has 7 rings (SSSR count). The van der Waals surface area contributed by atoms with Gasteiger partial charge in [0, 0.05) is 33.2 Å². The molecule has 0 radical (unpaired) electrons. The summed E-state index contributed by atoms with van der Waals surface area (Å²) in [5, 5.41) is 0.165. The number of hydrogen-bond donors (Lipinski definition) is 0. The number of fused-ring (bicyclic) bond motifs is 5. The number of furan rings is 1. The first-order chi connectivity index (χ1) is 21.6. The first-order valence-corrected chi connectivity index (χ1v) is 12.0. The fraction of sp³-hybridized carbons (Fsp3) is 0. The van der Waals surface area contributed by atoms with Crippen molar-refractivity contribution in [3.05, 3.63) is 138 Å². The Labute approximate surface area is 231 Å². The van der Waals surface area contributed by atoms with Gasteiger partial charge in [0.25, 0.3) is 0 Å². The Morgan fingerprint density at radius 2 is 1.24 bits per heavy atom. The van der Waals surface area contributed by atoms with E-state index in [0.717, 1.165) is 17.1 Å². The Kier molecular flexibility index (Phi) is 3.56. The second-order valence-electron chi connectivity index (χ2n) is 8.50. The van der Waals surface area contributed by atoms with E-state index in [4.69, 9.17) is 25.6 Å². The van der Waals surface area contributed by atoms with Crippen LogP contribution in [0, 0.1) is 0 Å². The van der Waals surface area contributed by atoms with E-state index in [-0.39, 0.29) is 67.5 Å². The van der Waals surface area contributed by atoms with Gasteiger partial charge in [-0.05, 0) is 71.0 Å². The Hall–Kier alpha value is -4.53. The maximum absolute atomic E-state index is 9.40. The molecule has 0 aliphatic heterocycles. The minimum atomic E-state index is -0.478. The van der Waals surface area contributed by atoms with E-state index >= 15 is 0 Å². The zero-order chi connectivity index (χ0) is 31.7. The summed E-state index contributed by atoms with van der Waals surface area (Å²) in [7, 11) is 0. The summed E-state index contributed by atoms with van der Waals surface area (Å²) < 4.78 is 74.8. The third-order valence-corrected chi connectivity index (χ3v) is 6.62. The van der Waals surface area contributed by atoms with E-state index in [0.29, 0.717) is 5.56 Å². The average molecular weight is 504 g/mol. The van der Waals surface area contributed by atoms with E-state index in [2.05, 4.69) is 4.90 Å². The van der Waals surface area contributed by atoms with Gasteiger partial charge >= 0.3 is 0 Å². The fourth-order valence-electron chi connectivity index (χ4n) is 4.68. The van der Waals surface area contributed by atoms with Crippen LogP contribution >= 0.6 is 11.6 Å². The molecule has 0 saturated heterocycles. The molecule has 37 heavy (non-hydrogen) atoms. The van der Waals surface area contributed by atoms with Gasteiger partial charge in [-0.15, -0.1) is 0 Å². The van der Waals surface area contributed by atoms with Crippen molar-refractivity contribution in [1.82, 2.24) is 0 Å². The maximum Gasteiger partial charge on any atom is 0.143 e. The molecule has 0 atom stereocenters. The summed E-state index contributed by atoms with van der Waals surface area (Å²) in [6.45, 7) is 0. The molecule has 0 N–H and O–H groups in total. The predicted octanol–water partition coefficient (Wildman–Crippen LogP) is 10.5. The van der Waals surface area contributed by atoms with Crippen LogP contribution in [-0.4, -0.2) is 0 Å². The summed E-state index contributed by atoms with van der Waals surface area (Å²) in [5.74, 6) is 0. The topological polar surface area (TPSA) is 16.4 Å². The second kappa shape index (κ2) is 8.85. The smallest absolute Gasteiger partial charge is 0.143 e. The van der Waals surface area contributed by atoms with Crippen molar-refractivity contribution in [3.63, 3.8) is 0 Å². The summed E-state index contributed by atoms with van der Waals surface area (Å²) >= 11 is 6.55. The van der Waals surface area contributed by atoms with E-state index in [1.807, 2.05) is 72.8 Å². The highest BCUT2D eigenvalue weighted by Crippen LogP contribution is 2.42. The van der Waals surface area contributed by atoms with Crippen LogP contribution in [0.4, 0.5) is 17.1 Å². The number of rotatable bonds is 4. The molecule has 0 fully saturated rings. The van der Waals surface area contributed by atoms with Crippen LogP contribution in [0.1, 0.15) is 11.0 Å². The fourth-order valence-corrected chi connectivity index (χ4v) is 4.91. The summed E-state index contributed by atoms with van der Waals surface area (Å²) in [4.78, 5) is 2.08. The highest BCUT2D eigenvalue weighted by molar-refractivity contribution is 6.38. The molecule has 0 unspecified atom stereocenters. The molecule has 0 amide bonds. The van der Waals surface area contributed by atoms with Gasteiger partial charge in [-0.25, -0.2) is 0 Å². The lowest BCUT2D eigenvalue weighted by atomic mass is 9.95. The van der Waals surface area contributed by atoms with Crippen LogP contribution < -0.4 is 4.90 Å². The molecule has 176 valence electrons. The highest BCUT2D eigenvalue weighted by Gasteiger charge is 2.17. The Morgan fingerprint density at radius 3 is 1.92 bits per heavy atom. The molecule has 0 aliphatic rings. The Balaban J connectivity index is 1.56. The largest absolute Gasteiger partial charge is 0.455 e. The van der Waals surface area contributed by atoms with Crippen LogP contribution in [0.2, 0.25) is 5.02 Å². The normalized spacial score (nSPS) is 14.4. The average Bonchev–Trinajstić information content (AvgIpc) is 3.47. The molecule has 6 aromatic carbocycles. The van der Waals surface area contributed by atoms with E-state index in [9.17, 15) is 1.37 Å². The van der Waals surface area contributed by atoms with Gasteiger partial charge in [0.1, 0.15) is 11.2 Å². The molecule has 1 aromatic heterocycles. The third kappa shape index (κ3) is 3.66. The van der Waals surface area contributed by atoms with Gasteiger partial charge in [-0.1, -0.05) is 90.3 Å². The van der Waals surface area contributed by atoms with Gasteiger partial charge in [0.05, 0.1) is 16.0 Å². The van der Waals surface area contributed by atoms with Crippen molar-refractivity contribution in [2.24, 2.45) is 0 Å². The van der Waals surface area contributed by atoms with Gasteiger partial charge in [-0.2, -0.15) is 0 Å². The Bertz CT molecular complexity index is 2270. The summed E-state index contributed by atoms with van der Waals surface area (Å²) in [5.41, 5.74) is 3.28. The molecule has 0 saturated carbocycles. The van der Waals surface area contributed by atoms with E-state index in [1.165, 1.54) is 0 Å². The number of para-hydroxylation sites is 2. The molecular weight excluding hydrogens is 474 g/mol. The number of hydrogen-bond acceptors (Lipinski definition) is 2. The van der Waals surface area contributed by atoms with Crippen LogP contribution in [0.15, 0.2) is 138 Å². The quantitative estimate of drug-likeness (QED) is 0.237. The van der Waals surface area contributed by atoms with Gasteiger partial charge in [-0.3, -0.25) is 0 Å². The van der Waals surface area contributed by atoms with Crippen LogP contribution in [-0.2, 0) is 0 Å². The molecule has 2 nitrogen and oxygen atoms in total. The molecule has 7 aromatic rings. The lowest BCUT2D eigenvalue weighted by Crippen LogP contribution is -2.09. The standard InChI is InChI=1S/C34H22ClNO/c35-31-16-9-17-32-33(31)30-22-29(27-14-7-8-15-28(27)34(30)37-32)23-18-20-26(21-19-23)36(24-10-3-1-4-11-24)25-12-5-2-6-13-25/h1-22H/i7D,8D,9D,14D,15D,16D,17D,22D. The van der Waals surface area contributed by atoms with E-state index < -0.39 is 24.2 Å². The second-order valence-corrected chi connectivity index (χ2v) is 8.88. The molecule has 0 bridgehead atoms.